The summed E-state index contributed by atoms with van der Waals surface area (Å²) < 4.78 is 0. The average Bonchev–Trinajstić information content (AvgIpc) is 2.78. The molecule has 0 aromatic heterocycles. The third-order valence-electron chi connectivity index (χ3n) is 3.38. The van der Waals surface area contributed by atoms with Crippen molar-refractivity contribution in [1.82, 2.24) is 10.6 Å². The molecule has 1 heterocycles. The van der Waals surface area contributed by atoms with E-state index in [0.29, 0.717) is 6.42 Å². The molecule has 1 saturated heterocycles. The van der Waals surface area contributed by atoms with E-state index in [-0.39, 0.29) is 18.9 Å². The van der Waals surface area contributed by atoms with E-state index in [4.69, 9.17) is 10.2 Å². The Morgan fingerprint density at radius 3 is 2.67 bits per heavy atom. The Kier molecular flexibility index (Phi) is 5.55. The summed E-state index contributed by atoms with van der Waals surface area (Å²) >= 11 is 0. The molecule has 4 N–H and O–H groups in total. The molecule has 6 nitrogen and oxygen atoms in total. The summed E-state index contributed by atoms with van der Waals surface area (Å²) in [5, 5.41) is 23.5. The number of amides is 1. The molecule has 0 aromatic rings. The lowest BCUT2D eigenvalue weighted by Gasteiger charge is -2.29. The Morgan fingerprint density at radius 2 is 2.22 bits per heavy atom. The Bertz CT molecular complexity index is 300. The highest BCUT2D eigenvalue weighted by Gasteiger charge is 2.41. The van der Waals surface area contributed by atoms with Crippen LogP contribution in [0.25, 0.3) is 0 Å². The lowest BCUT2D eigenvalue weighted by atomic mass is 9.90. The van der Waals surface area contributed by atoms with Crippen LogP contribution >= 0.6 is 0 Å². The molecule has 2 atom stereocenters. The third-order valence-corrected chi connectivity index (χ3v) is 3.38. The van der Waals surface area contributed by atoms with Crippen LogP contribution in [-0.2, 0) is 9.59 Å². The third kappa shape index (κ3) is 3.43. The number of hydrogen-bond donors (Lipinski definition) is 4. The molecular weight excluding hydrogens is 236 g/mol. The number of aliphatic carboxylic acids is 1. The number of nitrogens with one attached hydrogen (secondary N) is 2. The van der Waals surface area contributed by atoms with Crippen LogP contribution in [0.5, 0.6) is 0 Å². The highest BCUT2D eigenvalue weighted by atomic mass is 16.4. The smallest absolute Gasteiger partial charge is 0.326 e. The monoisotopic (exact) mass is 258 g/mol. The lowest BCUT2D eigenvalue weighted by molar-refractivity contribution is -0.143. The second-order valence-electron chi connectivity index (χ2n) is 4.74. The summed E-state index contributed by atoms with van der Waals surface area (Å²) in [6.45, 7) is 2.52. The van der Waals surface area contributed by atoms with Crippen LogP contribution in [0.2, 0.25) is 0 Å². The maximum atomic E-state index is 12.2. The summed E-state index contributed by atoms with van der Waals surface area (Å²) in [6, 6.07) is -1.02. The first kappa shape index (κ1) is 14.9. The van der Waals surface area contributed by atoms with Gasteiger partial charge >= 0.3 is 5.97 Å². The number of carboxylic acids is 1. The van der Waals surface area contributed by atoms with Gasteiger partial charge in [-0.1, -0.05) is 13.3 Å². The van der Waals surface area contributed by atoms with Gasteiger partial charge < -0.3 is 20.8 Å². The molecule has 0 aromatic carbocycles. The van der Waals surface area contributed by atoms with Crippen LogP contribution in [-0.4, -0.2) is 46.8 Å². The Hall–Kier alpha value is -1.14. The van der Waals surface area contributed by atoms with Crippen LogP contribution in [0.4, 0.5) is 0 Å². The Morgan fingerprint density at radius 1 is 1.50 bits per heavy atom. The van der Waals surface area contributed by atoms with Gasteiger partial charge in [0, 0.05) is 13.0 Å². The zero-order chi connectivity index (χ0) is 13.6. The first-order valence-electron chi connectivity index (χ1n) is 6.45. The fraction of sp³-hybridized carbons (Fsp3) is 0.833. The first-order valence-corrected chi connectivity index (χ1v) is 6.45. The molecule has 104 valence electrons. The number of carboxylic acid groups (broad SMARTS) is 1. The standard InChI is InChI=1S/C12H22N2O4/c1-2-5-12(6-3-7-13-12)11(18)14-9(4-8-15)10(16)17/h9,13,15H,2-8H2,1H3,(H,14,18)(H,16,17)/t9-,12?/m0/s1. The summed E-state index contributed by atoms with van der Waals surface area (Å²) in [5.74, 6) is -1.37. The first-order chi connectivity index (χ1) is 8.55. The SMILES string of the molecule is CCCC1(C(=O)N[C@@H](CCO)C(=O)O)CCCN1. The Labute approximate surface area is 107 Å². The van der Waals surface area contributed by atoms with Crippen molar-refractivity contribution in [2.45, 2.75) is 50.6 Å². The zero-order valence-corrected chi connectivity index (χ0v) is 10.7. The molecule has 1 fully saturated rings. The van der Waals surface area contributed by atoms with E-state index in [9.17, 15) is 9.59 Å². The van der Waals surface area contributed by atoms with Crippen molar-refractivity contribution < 1.29 is 19.8 Å². The average molecular weight is 258 g/mol. The quantitative estimate of drug-likeness (QED) is 0.509. The molecule has 0 aliphatic carbocycles. The van der Waals surface area contributed by atoms with Gasteiger partial charge in [0.1, 0.15) is 6.04 Å². The summed E-state index contributed by atoms with van der Waals surface area (Å²) in [4.78, 5) is 23.2. The molecule has 0 radical (unpaired) electrons. The molecule has 1 rings (SSSR count). The van der Waals surface area contributed by atoms with Crippen molar-refractivity contribution >= 4 is 11.9 Å². The maximum Gasteiger partial charge on any atom is 0.326 e. The maximum absolute atomic E-state index is 12.2. The minimum atomic E-state index is -1.11. The topological polar surface area (TPSA) is 98.7 Å². The van der Waals surface area contributed by atoms with E-state index < -0.39 is 17.6 Å². The summed E-state index contributed by atoms with van der Waals surface area (Å²) in [6.07, 6.45) is 3.25. The van der Waals surface area contributed by atoms with Crippen LogP contribution in [0.15, 0.2) is 0 Å². The summed E-state index contributed by atoms with van der Waals surface area (Å²) in [7, 11) is 0. The molecule has 1 amide bonds. The van der Waals surface area contributed by atoms with Crippen molar-refractivity contribution in [2.24, 2.45) is 0 Å². The fourth-order valence-electron chi connectivity index (χ4n) is 2.44. The number of aliphatic hydroxyl groups excluding tert-OH is 1. The summed E-state index contributed by atoms with van der Waals surface area (Å²) in [5.41, 5.74) is -0.627. The van der Waals surface area contributed by atoms with Gasteiger partial charge in [0.25, 0.3) is 0 Å². The minimum absolute atomic E-state index is 0.0310. The van der Waals surface area contributed by atoms with Gasteiger partial charge in [0.15, 0.2) is 0 Å². The van der Waals surface area contributed by atoms with Crippen LogP contribution in [0.1, 0.15) is 39.0 Å². The van der Waals surface area contributed by atoms with Gasteiger partial charge in [-0.25, -0.2) is 4.79 Å². The van der Waals surface area contributed by atoms with Gasteiger partial charge in [-0.3, -0.25) is 4.79 Å². The largest absolute Gasteiger partial charge is 0.480 e. The van der Waals surface area contributed by atoms with E-state index in [1.807, 2.05) is 6.92 Å². The molecule has 0 saturated carbocycles. The molecule has 1 aliphatic heterocycles. The van der Waals surface area contributed by atoms with Crippen molar-refractivity contribution in [1.29, 1.82) is 0 Å². The van der Waals surface area contributed by atoms with Gasteiger partial charge in [-0.05, 0) is 25.8 Å². The minimum Gasteiger partial charge on any atom is -0.480 e. The number of carbonyl (C=O) groups excluding carboxylic acids is 1. The highest BCUT2D eigenvalue weighted by Crippen LogP contribution is 2.25. The second kappa shape index (κ2) is 6.70. The molecule has 0 bridgehead atoms. The van der Waals surface area contributed by atoms with Crippen LogP contribution < -0.4 is 10.6 Å². The number of rotatable bonds is 7. The predicted molar refractivity (Wildman–Crippen MR) is 66.1 cm³/mol. The normalized spacial score (nSPS) is 24.8. The van der Waals surface area contributed by atoms with Crippen LogP contribution in [0.3, 0.4) is 0 Å². The van der Waals surface area contributed by atoms with Gasteiger partial charge in [-0.2, -0.15) is 0 Å². The van der Waals surface area contributed by atoms with Crippen molar-refractivity contribution in [2.75, 3.05) is 13.2 Å². The number of aliphatic hydroxyl groups is 1. The fourth-order valence-corrected chi connectivity index (χ4v) is 2.44. The van der Waals surface area contributed by atoms with Crippen molar-refractivity contribution in [3.05, 3.63) is 0 Å². The molecular formula is C12H22N2O4. The molecule has 1 aliphatic rings. The zero-order valence-electron chi connectivity index (χ0n) is 10.7. The van der Waals surface area contributed by atoms with E-state index in [1.165, 1.54) is 0 Å². The molecule has 0 spiro atoms. The number of hydrogen-bond acceptors (Lipinski definition) is 4. The van der Waals surface area contributed by atoms with E-state index >= 15 is 0 Å². The number of carbonyl (C=O) groups is 2. The van der Waals surface area contributed by atoms with Crippen molar-refractivity contribution in [3.8, 4) is 0 Å². The molecule has 18 heavy (non-hydrogen) atoms. The molecule has 1 unspecified atom stereocenters. The Balaban J connectivity index is 2.68. The second-order valence-corrected chi connectivity index (χ2v) is 4.74. The van der Waals surface area contributed by atoms with E-state index in [0.717, 1.165) is 25.8 Å². The van der Waals surface area contributed by atoms with Gasteiger partial charge in [0.05, 0.1) is 5.54 Å². The van der Waals surface area contributed by atoms with Crippen molar-refractivity contribution in [3.63, 3.8) is 0 Å². The van der Waals surface area contributed by atoms with E-state index in [1.54, 1.807) is 0 Å². The van der Waals surface area contributed by atoms with Crippen LogP contribution in [0, 0.1) is 0 Å². The highest BCUT2D eigenvalue weighted by molar-refractivity contribution is 5.90. The predicted octanol–water partition coefficient (Wildman–Crippen LogP) is -0.139. The lowest BCUT2D eigenvalue weighted by Crippen LogP contribution is -2.57. The molecule has 6 heteroatoms. The van der Waals surface area contributed by atoms with Gasteiger partial charge in [-0.15, -0.1) is 0 Å². The van der Waals surface area contributed by atoms with Gasteiger partial charge in [0.2, 0.25) is 5.91 Å². The van der Waals surface area contributed by atoms with E-state index in [2.05, 4.69) is 10.6 Å².